The summed E-state index contributed by atoms with van der Waals surface area (Å²) in [6.07, 6.45) is 0. The number of benzene rings is 1. The minimum atomic E-state index is -0.375. The predicted molar refractivity (Wildman–Crippen MR) is 52.8 cm³/mol. The van der Waals surface area contributed by atoms with Gasteiger partial charge in [-0.05, 0) is 24.1 Å². The number of aliphatic hydroxyl groups is 1. The number of ether oxygens (including phenoxy) is 2. The fourth-order valence-corrected chi connectivity index (χ4v) is 1.90. The molecule has 15 heavy (non-hydrogen) atoms. The topological polar surface area (TPSA) is 55.8 Å². The van der Waals surface area contributed by atoms with Crippen molar-refractivity contribution in [2.24, 2.45) is 0 Å². The van der Waals surface area contributed by atoms with Crippen LogP contribution in [0.25, 0.3) is 0 Å². The summed E-state index contributed by atoms with van der Waals surface area (Å²) in [6.45, 7) is 1.97. The summed E-state index contributed by atoms with van der Waals surface area (Å²) >= 11 is 0. The third kappa shape index (κ3) is 1.37. The average molecular weight is 208 g/mol. The van der Waals surface area contributed by atoms with Crippen LogP contribution in [0.5, 0.6) is 5.75 Å². The SMILES string of the molecule is COc1c(C)cc(CO)c2c1C(=O)OC2. The second kappa shape index (κ2) is 3.55. The molecule has 0 bridgehead atoms. The first kappa shape index (κ1) is 9.98. The van der Waals surface area contributed by atoms with E-state index in [4.69, 9.17) is 14.6 Å². The maximum Gasteiger partial charge on any atom is 0.342 e. The Balaban J connectivity index is 2.71. The number of fused-ring (bicyclic) bond motifs is 1. The number of carbonyl (C=O) groups is 1. The Morgan fingerprint density at radius 3 is 2.93 bits per heavy atom. The molecule has 1 aliphatic heterocycles. The minimum absolute atomic E-state index is 0.0934. The van der Waals surface area contributed by atoms with E-state index >= 15 is 0 Å². The van der Waals surface area contributed by atoms with Crippen LogP contribution in [0.4, 0.5) is 0 Å². The highest BCUT2D eigenvalue weighted by Crippen LogP contribution is 2.34. The maximum atomic E-state index is 11.5. The lowest BCUT2D eigenvalue weighted by atomic mass is 9.99. The summed E-state index contributed by atoms with van der Waals surface area (Å²) in [4.78, 5) is 11.5. The molecule has 0 saturated heterocycles. The molecule has 2 rings (SSSR count). The molecule has 1 N–H and O–H groups in total. The molecular weight excluding hydrogens is 196 g/mol. The van der Waals surface area contributed by atoms with Crippen LogP contribution >= 0.6 is 0 Å². The molecule has 0 radical (unpaired) electrons. The molecule has 4 nitrogen and oxygen atoms in total. The zero-order valence-corrected chi connectivity index (χ0v) is 8.66. The van der Waals surface area contributed by atoms with Crippen molar-refractivity contribution in [1.29, 1.82) is 0 Å². The van der Waals surface area contributed by atoms with Crippen molar-refractivity contribution in [2.45, 2.75) is 20.1 Å². The number of aliphatic hydroxyl groups excluding tert-OH is 1. The highest BCUT2D eigenvalue weighted by atomic mass is 16.5. The van der Waals surface area contributed by atoms with E-state index in [0.29, 0.717) is 11.3 Å². The molecule has 4 heteroatoms. The van der Waals surface area contributed by atoms with Gasteiger partial charge < -0.3 is 14.6 Å². The molecule has 1 heterocycles. The fourth-order valence-electron chi connectivity index (χ4n) is 1.90. The first-order chi connectivity index (χ1) is 7.19. The highest BCUT2D eigenvalue weighted by molar-refractivity contribution is 5.97. The number of aryl methyl sites for hydroxylation is 1. The van der Waals surface area contributed by atoms with Gasteiger partial charge in [-0.15, -0.1) is 0 Å². The van der Waals surface area contributed by atoms with Crippen LogP contribution in [0.3, 0.4) is 0 Å². The van der Waals surface area contributed by atoms with Crippen LogP contribution in [0.2, 0.25) is 0 Å². The Labute approximate surface area is 87.4 Å². The lowest BCUT2D eigenvalue weighted by molar-refractivity contribution is 0.0532. The summed E-state index contributed by atoms with van der Waals surface area (Å²) in [5, 5.41) is 9.17. The van der Waals surface area contributed by atoms with Gasteiger partial charge in [0.1, 0.15) is 17.9 Å². The van der Waals surface area contributed by atoms with Gasteiger partial charge in [0.15, 0.2) is 0 Å². The van der Waals surface area contributed by atoms with Gasteiger partial charge in [-0.2, -0.15) is 0 Å². The molecule has 1 aromatic rings. The van der Waals surface area contributed by atoms with Gasteiger partial charge in [0.05, 0.1) is 13.7 Å². The molecule has 1 aliphatic rings. The van der Waals surface area contributed by atoms with Crippen molar-refractivity contribution in [3.63, 3.8) is 0 Å². The summed E-state index contributed by atoms with van der Waals surface area (Å²) in [5.41, 5.74) is 2.76. The fraction of sp³-hybridized carbons (Fsp3) is 0.364. The normalized spacial score (nSPS) is 13.7. The van der Waals surface area contributed by atoms with E-state index in [1.54, 1.807) is 0 Å². The zero-order valence-electron chi connectivity index (χ0n) is 8.66. The second-order valence-electron chi connectivity index (χ2n) is 3.47. The van der Waals surface area contributed by atoms with Crippen molar-refractivity contribution >= 4 is 5.97 Å². The molecule has 80 valence electrons. The summed E-state index contributed by atoms with van der Waals surface area (Å²) in [5.74, 6) is 0.171. The van der Waals surface area contributed by atoms with Gasteiger partial charge in [-0.3, -0.25) is 0 Å². The smallest absolute Gasteiger partial charge is 0.342 e. The van der Waals surface area contributed by atoms with Crippen LogP contribution in [0.15, 0.2) is 6.07 Å². The Morgan fingerprint density at radius 2 is 2.33 bits per heavy atom. The lowest BCUT2D eigenvalue weighted by Gasteiger charge is -2.10. The van der Waals surface area contributed by atoms with E-state index < -0.39 is 0 Å². The van der Waals surface area contributed by atoms with Crippen LogP contribution in [-0.4, -0.2) is 18.2 Å². The Bertz CT molecular complexity index is 423. The minimum Gasteiger partial charge on any atom is -0.496 e. The van der Waals surface area contributed by atoms with Gasteiger partial charge in [0.2, 0.25) is 0 Å². The highest BCUT2D eigenvalue weighted by Gasteiger charge is 2.29. The van der Waals surface area contributed by atoms with E-state index in [-0.39, 0.29) is 19.2 Å². The van der Waals surface area contributed by atoms with Gasteiger partial charge in [-0.25, -0.2) is 4.79 Å². The van der Waals surface area contributed by atoms with E-state index in [1.165, 1.54) is 7.11 Å². The van der Waals surface area contributed by atoms with E-state index in [0.717, 1.165) is 16.7 Å². The van der Waals surface area contributed by atoms with Crippen LogP contribution in [-0.2, 0) is 18.0 Å². The zero-order chi connectivity index (χ0) is 11.0. The van der Waals surface area contributed by atoms with E-state index in [2.05, 4.69) is 0 Å². The monoisotopic (exact) mass is 208 g/mol. The van der Waals surface area contributed by atoms with Crippen molar-refractivity contribution in [1.82, 2.24) is 0 Å². The van der Waals surface area contributed by atoms with Gasteiger partial charge >= 0.3 is 5.97 Å². The van der Waals surface area contributed by atoms with Crippen LogP contribution in [0.1, 0.15) is 27.0 Å². The number of cyclic esters (lactones) is 1. The standard InChI is InChI=1S/C11H12O4/c1-6-3-7(4-12)8-5-15-11(13)9(8)10(6)14-2/h3,12H,4-5H2,1-2H3. The van der Waals surface area contributed by atoms with Gasteiger partial charge in [0.25, 0.3) is 0 Å². The number of hydrogen-bond acceptors (Lipinski definition) is 4. The predicted octanol–water partition coefficient (Wildman–Crippen LogP) is 1.17. The van der Waals surface area contributed by atoms with Gasteiger partial charge in [0, 0.05) is 5.56 Å². The van der Waals surface area contributed by atoms with Crippen molar-refractivity contribution in [3.8, 4) is 5.75 Å². The first-order valence-corrected chi connectivity index (χ1v) is 4.66. The number of rotatable bonds is 2. The Morgan fingerprint density at radius 1 is 1.60 bits per heavy atom. The molecule has 0 spiro atoms. The number of hydrogen-bond donors (Lipinski definition) is 1. The number of carbonyl (C=O) groups excluding carboxylic acids is 1. The second-order valence-corrected chi connectivity index (χ2v) is 3.47. The van der Waals surface area contributed by atoms with E-state index in [9.17, 15) is 4.79 Å². The largest absolute Gasteiger partial charge is 0.496 e. The van der Waals surface area contributed by atoms with Crippen LogP contribution in [0, 0.1) is 6.92 Å². The third-order valence-electron chi connectivity index (χ3n) is 2.59. The van der Waals surface area contributed by atoms with Crippen molar-refractivity contribution < 1.29 is 19.4 Å². The summed E-state index contributed by atoms with van der Waals surface area (Å²) in [7, 11) is 1.52. The lowest BCUT2D eigenvalue weighted by Crippen LogP contribution is -2.02. The number of esters is 1. The molecule has 0 fully saturated rings. The molecular formula is C11H12O4. The molecule has 0 aromatic heterocycles. The summed E-state index contributed by atoms with van der Waals surface area (Å²) < 4.78 is 10.1. The summed E-state index contributed by atoms with van der Waals surface area (Å²) in [6, 6.07) is 1.82. The first-order valence-electron chi connectivity index (χ1n) is 4.66. The van der Waals surface area contributed by atoms with E-state index in [1.807, 2.05) is 13.0 Å². The molecule has 0 saturated carbocycles. The molecule has 0 amide bonds. The average Bonchev–Trinajstić information content (AvgIpc) is 2.60. The number of methoxy groups -OCH3 is 1. The quantitative estimate of drug-likeness (QED) is 0.741. The Hall–Kier alpha value is -1.55. The maximum absolute atomic E-state index is 11.5. The van der Waals surface area contributed by atoms with Crippen LogP contribution < -0.4 is 4.74 Å². The Kier molecular flexibility index (Phi) is 2.36. The molecule has 0 atom stereocenters. The third-order valence-corrected chi connectivity index (χ3v) is 2.59. The molecule has 0 unspecified atom stereocenters. The van der Waals surface area contributed by atoms with Gasteiger partial charge in [-0.1, -0.05) is 0 Å². The molecule has 0 aliphatic carbocycles. The van der Waals surface area contributed by atoms with Crippen molar-refractivity contribution in [2.75, 3.05) is 7.11 Å². The molecule has 1 aromatic carbocycles. The van der Waals surface area contributed by atoms with Crippen molar-refractivity contribution in [3.05, 3.63) is 28.3 Å².